The molecule has 0 aromatic rings. The van der Waals surface area contributed by atoms with Gasteiger partial charge >= 0.3 is 33.9 Å². The van der Waals surface area contributed by atoms with Crippen LogP contribution in [0, 0.1) is 11.8 Å². The summed E-state index contributed by atoms with van der Waals surface area (Å²) in [5, 5.41) is 20.3. The van der Waals surface area contributed by atoms with Crippen LogP contribution in [0.1, 0.15) is 33.6 Å². The van der Waals surface area contributed by atoms with Crippen molar-refractivity contribution >= 4 is 40.1 Å². The van der Waals surface area contributed by atoms with Crippen LogP contribution in [0.5, 0.6) is 0 Å². The van der Waals surface area contributed by atoms with Gasteiger partial charge in [-0.05, 0) is 25.0 Å². The molecule has 0 fully saturated rings. The Balaban J connectivity index is -0.000000301. The second-order valence-corrected chi connectivity index (χ2v) is 4.56. The van der Waals surface area contributed by atoms with E-state index in [-0.39, 0.29) is 12.8 Å². The summed E-state index contributed by atoms with van der Waals surface area (Å²) in [6.45, 7) is 12.3. The summed E-state index contributed by atoms with van der Waals surface area (Å²) in [6.07, 6.45) is 2.52. The summed E-state index contributed by atoms with van der Waals surface area (Å²) < 4.78 is 4.46. The molecular weight excluding hydrogens is 331 g/mol. The van der Waals surface area contributed by atoms with Crippen LogP contribution in [0.3, 0.4) is 0 Å². The Morgan fingerprint density at radius 3 is 1.21 bits per heavy atom. The fraction of sp³-hybridized carbons (Fsp3) is 0.500. The minimum absolute atomic E-state index is 0.257. The molecule has 0 heterocycles. The van der Waals surface area contributed by atoms with Gasteiger partial charge in [-0.15, -0.1) is 0 Å². The number of carbonyl (C=O) groups excluding carboxylic acids is 4. The number of hydrogen-bond donors (Lipinski definition) is 0. The molecule has 24 heavy (non-hydrogen) atoms. The number of ketones is 2. The Labute approximate surface area is 151 Å². The van der Waals surface area contributed by atoms with Gasteiger partial charge in [0.1, 0.15) is 0 Å². The van der Waals surface area contributed by atoms with Gasteiger partial charge in [0, 0.05) is 0 Å². The zero-order valence-electron chi connectivity index (χ0n) is 14.3. The topological polar surface area (TPSA) is 124 Å². The van der Waals surface area contributed by atoms with Crippen molar-refractivity contribution in [3.05, 3.63) is 25.3 Å². The molecule has 0 N–H and O–H groups in total. The zero-order chi connectivity index (χ0) is 19.7. The number of hydrogen-bond acceptors (Lipinski definition) is 7. The predicted octanol–water partition coefficient (Wildman–Crippen LogP) is -0.858. The monoisotopic (exact) mass is 354 g/mol. The molecule has 0 amide bonds. The van der Waals surface area contributed by atoms with Crippen molar-refractivity contribution in [1.82, 2.24) is 0 Å². The van der Waals surface area contributed by atoms with Gasteiger partial charge in [0.15, 0.2) is 11.6 Å². The summed E-state index contributed by atoms with van der Waals surface area (Å²) in [7, 11) is 0. The average molecular weight is 354 g/mol. The fourth-order valence-corrected chi connectivity index (χ4v) is 1.25. The number of aliphatic carboxylic acids is 2. The van der Waals surface area contributed by atoms with Crippen LogP contribution in [0.4, 0.5) is 0 Å². The zero-order valence-corrected chi connectivity index (χ0v) is 15.4. The van der Waals surface area contributed by atoms with Crippen LogP contribution in [0.2, 0.25) is 0 Å². The number of carbonyl (C=O) groups is 4. The third-order valence-electron chi connectivity index (χ3n) is 2.64. The number of allylic oxidation sites excluding steroid dienone is 2. The van der Waals surface area contributed by atoms with Crippen LogP contribution in [0.15, 0.2) is 25.3 Å². The molecule has 0 rings (SSSR count). The maximum atomic E-state index is 10.6. The van der Waals surface area contributed by atoms with Crippen LogP contribution in [-0.2, 0) is 23.0 Å². The van der Waals surface area contributed by atoms with Gasteiger partial charge < -0.3 is 19.8 Å². The Kier molecular flexibility index (Phi) is 19.9. The molecule has 0 saturated heterocycles. The van der Waals surface area contributed by atoms with E-state index in [0.717, 1.165) is 18.8 Å². The van der Waals surface area contributed by atoms with E-state index in [1.807, 2.05) is 6.92 Å². The summed E-state index contributed by atoms with van der Waals surface area (Å²) in [5.74, 6) is -5.65. The molecule has 0 saturated carbocycles. The third kappa shape index (κ3) is 13.9. The molecule has 132 valence electrons. The van der Waals surface area contributed by atoms with E-state index < -0.39 is 35.3 Å². The first-order valence-electron chi connectivity index (χ1n) is 7.24. The van der Waals surface area contributed by atoms with Crippen molar-refractivity contribution in [2.45, 2.75) is 33.6 Å². The molecule has 0 aromatic carbocycles. The van der Waals surface area contributed by atoms with Crippen molar-refractivity contribution in [2.75, 3.05) is 6.61 Å². The summed E-state index contributed by atoms with van der Waals surface area (Å²) >= 11 is 2.16. The molecule has 0 aliphatic rings. The van der Waals surface area contributed by atoms with E-state index in [1.165, 1.54) is 0 Å². The predicted molar refractivity (Wildman–Crippen MR) is 85.4 cm³/mol. The number of carboxylic acid groups (broad SMARTS) is 2. The molecule has 0 spiro atoms. The molecule has 0 bridgehead atoms. The standard InChI is InChI=1S/2C7H10O3.C2H5O.Al/c2*1-3-5(7(9)10)6(8)4-2;1-2-3;/h2*4-5H,2-3H2,1H3,(H,9,10);2H2,1H3;/q;;-1;+3/p-2. The number of rotatable bonds is 9. The van der Waals surface area contributed by atoms with Crippen molar-refractivity contribution < 1.29 is 33.2 Å². The SMILES string of the molecule is C=CC(=O)C(CC)C(=O)[O-].C=CC(=O)C(CC)C(=O)[O-].CC[O][Al+2]. The summed E-state index contributed by atoms with van der Waals surface area (Å²) in [5.41, 5.74) is 0. The molecule has 7 nitrogen and oxygen atoms in total. The van der Waals surface area contributed by atoms with Gasteiger partial charge in [0.25, 0.3) is 0 Å². The average Bonchev–Trinajstić information content (AvgIpc) is 2.55. The maximum absolute atomic E-state index is 10.6. The second kappa shape index (κ2) is 17.6. The Bertz CT molecular complexity index is 392. The van der Waals surface area contributed by atoms with Crippen molar-refractivity contribution in [2.24, 2.45) is 11.8 Å². The normalized spacial score (nSPS) is 11.4. The molecular formula is C16H23AlO7. The van der Waals surface area contributed by atoms with Gasteiger partial charge in [-0.1, -0.05) is 27.0 Å². The van der Waals surface area contributed by atoms with Crippen molar-refractivity contribution in [3.63, 3.8) is 0 Å². The first kappa shape index (κ1) is 27.1. The Morgan fingerprint density at radius 2 is 1.17 bits per heavy atom. The summed E-state index contributed by atoms with van der Waals surface area (Å²) in [4.78, 5) is 41.6. The van der Waals surface area contributed by atoms with Crippen LogP contribution < -0.4 is 10.2 Å². The Morgan fingerprint density at radius 1 is 0.917 bits per heavy atom. The van der Waals surface area contributed by atoms with E-state index in [1.54, 1.807) is 13.8 Å². The Hall–Kier alpha value is -1.75. The first-order chi connectivity index (χ1) is 11.2. The molecule has 2 atom stereocenters. The second-order valence-electron chi connectivity index (χ2n) is 4.23. The van der Waals surface area contributed by atoms with Gasteiger partial charge in [-0.2, -0.15) is 0 Å². The van der Waals surface area contributed by atoms with E-state index >= 15 is 0 Å². The van der Waals surface area contributed by atoms with Gasteiger partial charge in [-0.3, -0.25) is 9.59 Å². The molecule has 8 heteroatoms. The third-order valence-corrected chi connectivity index (χ3v) is 2.97. The van der Waals surface area contributed by atoms with Crippen molar-refractivity contribution in [3.8, 4) is 0 Å². The van der Waals surface area contributed by atoms with E-state index in [0.29, 0.717) is 0 Å². The summed E-state index contributed by atoms with van der Waals surface area (Å²) in [6, 6.07) is 0. The van der Waals surface area contributed by atoms with Crippen molar-refractivity contribution in [1.29, 1.82) is 0 Å². The van der Waals surface area contributed by atoms with Gasteiger partial charge in [-0.25, -0.2) is 0 Å². The van der Waals surface area contributed by atoms with Crippen LogP contribution >= 0.6 is 0 Å². The molecule has 2 unspecified atom stereocenters. The van der Waals surface area contributed by atoms with Gasteiger partial charge in [0.2, 0.25) is 0 Å². The quantitative estimate of drug-likeness (QED) is 0.300. The van der Waals surface area contributed by atoms with Crippen LogP contribution in [0.25, 0.3) is 0 Å². The first-order valence-corrected chi connectivity index (χ1v) is 7.71. The van der Waals surface area contributed by atoms with E-state index in [4.69, 9.17) is 0 Å². The van der Waals surface area contributed by atoms with Gasteiger partial charge in [0.05, 0.1) is 23.8 Å². The number of carboxylic acids is 2. The molecule has 0 aliphatic carbocycles. The fourth-order valence-electron chi connectivity index (χ4n) is 1.25. The van der Waals surface area contributed by atoms with E-state index in [9.17, 15) is 29.4 Å². The molecule has 0 aliphatic heterocycles. The molecule has 0 radical (unpaired) electrons. The van der Waals surface area contributed by atoms with Crippen LogP contribution in [-0.4, -0.2) is 46.7 Å². The van der Waals surface area contributed by atoms with E-state index in [2.05, 4.69) is 33.6 Å². The molecule has 0 aromatic heterocycles. The minimum atomic E-state index is -1.33.